The average Bonchev–Trinajstić information content (AvgIpc) is 3.39. The minimum atomic E-state index is -1.48. The van der Waals surface area contributed by atoms with Crippen LogP contribution in [-0.2, 0) is 23.7 Å². The van der Waals surface area contributed by atoms with E-state index < -0.39 is 34.3 Å². The van der Waals surface area contributed by atoms with Crippen molar-refractivity contribution in [1.82, 2.24) is 4.90 Å². The van der Waals surface area contributed by atoms with E-state index in [1.807, 2.05) is 0 Å². The van der Waals surface area contributed by atoms with Gasteiger partial charge < -0.3 is 34.5 Å². The topological polar surface area (TPSA) is 127 Å². The van der Waals surface area contributed by atoms with Gasteiger partial charge in [0.15, 0.2) is 0 Å². The van der Waals surface area contributed by atoms with Gasteiger partial charge in [0.25, 0.3) is 0 Å². The number of benzene rings is 1. The Balaban J connectivity index is 0.00000329. The number of ether oxygens (including phenoxy) is 4. The molecule has 3 N–H and O–H groups in total. The highest BCUT2D eigenvalue weighted by Gasteiger charge is 2.89. The molecular formula is C32H45BrN2O8. The van der Waals surface area contributed by atoms with Gasteiger partial charge in [-0.05, 0) is 44.4 Å². The molecule has 6 aliphatic rings. The number of methoxy groups -OCH3 is 3. The molecule has 238 valence electrons. The quantitative estimate of drug-likeness (QED) is 0.377. The Morgan fingerprint density at radius 2 is 1.81 bits per heavy atom. The van der Waals surface area contributed by atoms with Crippen LogP contribution in [0.1, 0.15) is 56.3 Å². The molecule has 5 aliphatic carbocycles. The van der Waals surface area contributed by atoms with Gasteiger partial charge in [-0.15, -0.1) is 17.0 Å². The summed E-state index contributed by atoms with van der Waals surface area (Å²) in [5, 5.41) is 28.4. The van der Waals surface area contributed by atoms with E-state index in [1.165, 1.54) is 6.92 Å². The Bertz CT molecular complexity index is 1300. The average molecular weight is 666 g/mol. The van der Waals surface area contributed by atoms with Crippen LogP contribution < -0.4 is 5.32 Å². The Labute approximate surface area is 263 Å². The molecule has 3 unspecified atom stereocenters. The van der Waals surface area contributed by atoms with Crippen LogP contribution in [0.25, 0.3) is 0 Å². The van der Waals surface area contributed by atoms with E-state index in [2.05, 4.69) is 17.1 Å². The largest absolute Gasteiger partial charge is 0.454 e. The van der Waals surface area contributed by atoms with Crippen LogP contribution in [-0.4, -0.2) is 103 Å². The maximum Gasteiger partial charge on any atom is 0.340 e. The zero-order valence-electron chi connectivity index (χ0n) is 25.6. The standard InChI is InChI=1S/C32H44N2O8.BrH/c1-6-34-16-29(42-28(36)18-9-7-8-10-21(18)33-17(2)35)12-11-25(40-4)31-23(29)14-20(26(31)34)30(37)15-22(39-3)19-13-24(31)32(30,38)27(19)41-5;/h7-10,19-20,22-27,37-38H,6,11-16H2,1-5H3,(H,33,35);1H/t19-,20-,22+,23?,24?,25+,26?,27+,29-,30+,31+,32+;/m1./s1. The van der Waals surface area contributed by atoms with Gasteiger partial charge in [-0.1, -0.05) is 19.1 Å². The highest BCUT2D eigenvalue weighted by atomic mass is 79.9. The fraction of sp³-hybridized carbons (Fsp3) is 0.750. The third-order valence-corrected chi connectivity index (χ3v) is 12.6. The van der Waals surface area contributed by atoms with E-state index in [9.17, 15) is 19.8 Å². The first kappa shape index (κ1) is 31.4. The minimum Gasteiger partial charge on any atom is -0.454 e. The summed E-state index contributed by atoms with van der Waals surface area (Å²) in [5.74, 6) is -1.54. The smallest absolute Gasteiger partial charge is 0.340 e. The van der Waals surface area contributed by atoms with Crippen molar-refractivity contribution < 1.29 is 38.7 Å². The van der Waals surface area contributed by atoms with Gasteiger partial charge in [-0.3, -0.25) is 9.69 Å². The number of fused-ring (bicyclic) bond motifs is 2. The lowest BCUT2D eigenvalue weighted by Crippen LogP contribution is -2.83. The molecule has 43 heavy (non-hydrogen) atoms. The van der Waals surface area contributed by atoms with Gasteiger partial charge >= 0.3 is 5.97 Å². The molecule has 1 saturated heterocycles. The van der Waals surface area contributed by atoms with E-state index >= 15 is 0 Å². The van der Waals surface area contributed by atoms with Crippen LogP contribution in [0.5, 0.6) is 0 Å². The van der Waals surface area contributed by atoms with Gasteiger partial charge in [-0.2, -0.15) is 0 Å². The van der Waals surface area contributed by atoms with Crippen molar-refractivity contribution in [3.05, 3.63) is 29.8 Å². The number of aliphatic hydroxyl groups is 2. The number of nitrogens with zero attached hydrogens (tertiary/aromatic N) is 1. The van der Waals surface area contributed by atoms with Gasteiger partial charge in [0, 0.05) is 76.3 Å². The van der Waals surface area contributed by atoms with Crippen LogP contribution in [0.2, 0.25) is 0 Å². The van der Waals surface area contributed by atoms with Crippen molar-refractivity contribution in [2.75, 3.05) is 39.7 Å². The van der Waals surface area contributed by atoms with E-state index in [4.69, 9.17) is 18.9 Å². The van der Waals surface area contributed by atoms with Crippen molar-refractivity contribution in [2.45, 2.75) is 87.1 Å². The van der Waals surface area contributed by atoms with Gasteiger partial charge in [0.05, 0.1) is 29.6 Å². The molecule has 1 aliphatic heterocycles. The monoisotopic (exact) mass is 664 g/mol. The second-order valence-electron chi connectivity index (χ2n) is 13.7. The Hall–Kier alpha value is -1.60. The number of carbonyl (C=O) groups is 2. The Kier molecular flexibility index (Phi) is 7.64. The van der Waals surface area contributed by atoms with Crippen molar-refractivity contribution >= 4 is 34.5 Å². The first-order valence-corrected chi connectivity index (χ1v) is 15.4. The summed E-state index contributed by atoms with van der Waals surface area (Å²) in [6.07, 6.45) is 1.91. The maximum absolute atomic E-state index is 14.0. The zero-order chi connectivity index (χ0) is 29.8. The van der Waals surface area contributed by atoms with Crippen molar-refractivity contribution in [3.63, 3.8) is 0 Å². The number of likely N-dealkylation sites (N-methyl/N-ethyl adjacent to an activating group) is 1. The van der Waals surface area contributed by atoms with Gasteiger partial charge in [0.2, 0.25) is 5.91 Å². The first-order chi connectivity index (χ1) is 20.1. The number of piperidine rings is 1. The summed E-state index contributed by atoms with van der Waals surface area (Å²) in [5.41, 5.74) is -3.57. The third kappa shape index (κ3) is 3.67. The molecule has 1 heterocycles. The SMILES string of the molecule is Br.CCN1C[C@]2(OC(=O)c3ccccc3NC(C)=O)CC[C@H](OC)[C@]34C1[C@@H](CC23)[C@@]1(O)C[C@H](OC)[C@H]2CC4[C@]1(O)[C@H]2OC. The summed E-state index contributed by atoms with van der Waals surface area (Å²) < 4.78 is 25.1. The van der Waals surface area contributed by atoms with E-state index in [1.54, 1.807) is 45.6 Å². The molecule has 12 atom stereocenters. The lowest BCUT2D eigenvalue weighted by Gasteiger charge is -2.70. The second kappa shape index (κ2) is 10.5. The maximum atomic E-state index is 14.0. The first-order valence-electron chi connectivity index (χ1n) is 15.4. The minimum absolute atomic E-state index is 0. The molecule has 7 rings (SSSR count). The molecule has 10 nitrogen and oxygen atoms in total. The fourth-order valence-corrected chi connectivity index (χ4v) is 11.6. The normalized spacial score (nSPS) is 47.0. The second-order valence-corrected chi connectivity index (χ2v) is 13.7. The molecule has 0 aromatic heterocycles. The molecule has 5 saturated carbocycles. The zero-order valence-corrected chi connectivity index (χ0v) is 27.3. The summed E-state index contributed by atoms with van der Waals surface area (Å²) in [4.78, 5) is 28.3. The molecule has 1 amide bonds. The number of para-hydroxylation sites is 1. The van der Waals surface area contributed by atoms with E-state index in [-0.39, 0.29) is 64.8 Å². The van der Waals surface area contributed by atoms with Crippen molar-refractivity contribution in [2.24, 2.45) is 29.1 Å². The number of hydrogen-bond donors (Lipinski definition) is 3. The molecule has 1 aromatic carbocycles. The van der Waals surface area contributed by atoms with E-state index in [0.717, 1.165) is 0 Å². The summed E-state index contributed by atoms with van der Waals surface area (Å²) in [6.45, 7) is 4.79. The number of carbonyl (C=O) groups excluding carboxylic acids is 2. The van der Waals surface area contributed by atoms with Crippen LogP contribution in [0.15, 0.2) is 24.3 Å². The number of anilines is 1. The molecule has 11 heteroatoms. The van der Waals surface area contributed by atoms with Crippen molar-refractivity contribution in [1.29, 1.82) is 0 Å². The van der Waals surface area contributed by atoms with Crippen LogP contribution in [0.3, 0.4) is 0 Å². The molecule has 6 fully saturated rings. The number of hydrogen-bond acceptors (Lipinski definition) is 9. The molecule has 1 aromatic rings. The predicted octanol–water partition coefficient (Wildman–Crippen LogP) is 2.80. The summed E-state index contributed by atoms with van der Waals surface area (Å²) in [6, 6.07) is 6.89. The van der Waals surface area contributed by atoms with Crippen molar-refractivity contribution in [3.8, 4) is 0 Å². The predicted molar refractivity (Wildman–Crippen MR) is 162 cm³/mol. The number of rotatable bonds is 7. The van der Waals surface area contributed by atoms with Gasteiger partial charge in [0.1, 0.15) is 16.8 Å². The number of halogens is 1. The summed E-state index contributed by atoms with van der Waals surface area (Å²) >= 11 is 0. The lowest BCUT2D eigenvalue weighted by atomic mass is 9.44. The molecule has 7 bridgehead atoms. The lowest BCUT2D eigenvalue weighted by molar-refractivity contribution is -0.337. The highest BCUT2D eigenvalue weighted by Crippen LogP contribution is 2.79. The molecule has 0 radical (unpaired) electrons. The highest BCUT2D eigenvalue weighted by molar-refractivity contribution is 8.93. The Morgan fingerprint density at radius 3 is 2.47 bits per heavy atom. The van der Waals surface area contributed by atoms with Crippen LogP contribution in [0, 0.1) is 29.1 Å². The molecule has 1 spiro atoms. The number of likely N-dealkylation sites (tertiary alicyclic amines) is 1. The third-order valence-electron chi connectivity index (χ3n) is 12.6. The molecular weight excluding hydrogens is 620 g/mol. The Morgan fingerprint density at radius 1 is 1.07 bits per heavy atom. The summed E-state index contributed by atoms with van der Waals surface area (Å²) in [7, 11) is 5.05. The number of nitrogens with one attached hydrogen (secondary N) is 1. The van der Waals surface area contributed by atoms with Crippen LogP contribution in [0.4, 0.5) is 5.69 Å². The van der Waals surface area contributed by atoms with Gasteiger partial charge in [-0.25, -0.2) is 4.79 Å². The van der Waals surface area contributed by atoms with Crippen LogP contribution >= 0.6 is 17.0 Å². The number of esters is 1. The van der Waals surface area contributed by atoms with E-state index in [0.29, 0.717) is 56.4 Å². The number of amides is 1. The fourth-order valence-electron chi connectivity index (χ4n) is 11.6.